The second-order valence-electron chi connectivity index (χ2n) is 2.62. The number of halogens is 2. The van der Waals surface area contributed by atoms with Crippen molar-refractivity contribution in [1.29, 1.82) is 0 Å². The van der Waals surface area contributed by atoms with Gasteiger partial charge in [0.1, 0.15) is 5.78 Å². The maximum absolute atomic E-state index is 11.0. The van der Waals surface area contributed by atoms with Crippen LogP contribution in [0.4, 0.5) is 0 Å². The average Bonchev–Trinajstić information content (AvgIpc) is 2.11. The molecule has 13 heavy (non-hydrogen) atoms. The largest absolute Gasteiger partial charge is 0.298 e. The summed E-state index contributed by atoms with van der Waals surface area (Å²) in [6, 6.07) is 5.17. The number of benzene rings is 1. The van der Waals surface area contributed by atoms with E-state index in [0.717, 1.165) is 5.56 Å². The highest BCUT2D eigenvalue weighted by Crippen LogP contribution is 2.22. The van der Waals surface area contributed by atoms with Crippen LogP contribution in [0, 0.1) is 0 Å². The number of rotatable bonds is 3. The number of carbonyl (C=O) groups excluding carboxylic acids is 1. The van der Waals surface area contributed by atoms with Crippen molar-refractivity contribution in [3.05, 3.63) is 33.8 Å². The molecule has 0 aliphatic rings. The van der Waals surface area contributed by atoms with Crippen LogP contribution < -0.4 is 0 Å². The molecule has 1 nitrogen and oxygen atoms in total. The lowest BCUT2D eigenvalue weighted by molar-refractivity contribution is -0.115. The Morgan fingerprint density at radius 3 is 2.54 bits per heavy atom. The van der Waals surface area contributed by atoms with E-state index in [-0.39, 0.29) is 11.5 Å². The summed E-state index contributed by atoms with van der Waals surface area (Å²) in [5.74, 6) is 0.321. The van der Waals surface area contributed by atoms with Crippen LogP contribution in [0.15, 0.2) is 18.2 Å². The van der Waals surface area contributed by atoms with Crippen molar-refractivity contribution in [2.24, 2.45) is 0 Å². The minimum Gasteiger partial charge on any atom is -0.298 e. The van der Waals surface area contributed by atoms with Crippen LogP contribution in [0.2, 0.25) is 10.0 Å². The number of Topliss-reactive ketones (excluding diaryl/α,β-unsaturated/α-hetero) is 1. The van der Waals surface area contributed by atoms with E-state index in [1.165, 1.54) is 0 Å². The fourth-order valence-electron chi connectivity index (χ4n) is 0.933. The standard InChI is InChI=1S/C9H8Cl2OS/c10-8-2-1-6(4-9(8)11)3-7(12)5-13/h1-2,4,13H,3,5H2. The first-order valence-electron chi connectivity index (χ1n) is 3.70. The minimum absolute atomic E-state index is 0.0710. The summed E-state index contributed by atoms with van der Waals surface area (Å²) in [7, 11) is 0. The molecule has 0 atom stereocenters. The van der Waals surface area contributed by atoms with Crippen molar-refractivity contribution in [1.82, 2.24) is 0 Å². The molecule has 0 unspecified atom stereocenters. The molecule has 0 bridgehead atoms. The van der Waals surface area contributed by atoms with Crippen LogP contribution in [0.25, 0.3) is 0 Å². The lowest BCUT2D eigenvalue weighted by Crippen LogP contribution is -2.03. The Labute approximate surface area is 92.4 Å². The lowest BCUT2D eigenvalue weighted by Gasteiger charge is -2.00. The first-order chi connectivity index (χ1) is 6.13. The molecule has 70 valence electrons. The Morgan fingerprint density at radius 1 is 1.31 bits per heavy atom. The minimum atomic E-state index is 0.0710. The monoisotopic (exact) mass is 234 g/mol. The summed E-state index contributed by atoms with van der Waals surface area (Å²) in [5, 5.41) is 0.981. The normalized spacial score (nSPS) is 10.1. The van der Waals surface area contributed by atoms with Crippen molar-refractivity contribution in [3.8, 4) is 0 Å². The van der Waals surface area contributed by atoms with Crippen LogP contribution >= 0.6 is 35.8 Å². The van der Waals surface area contributed by atoms with Gasteiger partial charge in [0, 0.05) is 12.2 Å². The number of carbonyl (C=O) groups is 1. The second kappa shape index (κ2) is 4.89. The highest BCUT2D eigenvalue weighted by Gasteiger charge is 2.03. The van der Waals surface area contributed by atoms with Gasteiger partial charge in [-0.15, -0.1) is 0 Å². The van der Waals surface area contributed by atoms with E-state index in [2.05, 4.69) is 12.6 Å². The molecule has 0 spiro atoms. The highest BCUT2D eigenvalue weighted by atomic mass is 35.5. The molecule has 1 aromatic carbocycles. The van der Waals surface area contributed by atoms with Crippen LogP contribution in [-0.4, -0.2) is 11.5 Å². The first kappa shape index (κ1) is 10.9. The van der Waals surface area contributed by atoms with Gasteiger partial charge in [0.25, 0.3) is 0 Å². The molecular weight excluding hydrogens is 227 g/mol. The van der Waals surface area contributed by atoms with Crippen LogP contribution in [0.5, 0.6) is 0 Å². The third-order valence-corrected chi connectivity index (χ3v) is 2.65. The fraction of sp³-hybridized carbons (Fsp3) is 0.222. The van der Waals surface area contributed by atoms with Crippen molar-refractivity contribution in [2.45, 2.75) is 6.42 Å². The average molecular weight is 235 g/mol. The van der Waals surface area contributed by atoms with Gasteiger partial charge in [-0.3, -0.25) is 4.79 Å². The molecular formula is C9H8Cl2OS. The molecule has 0 aliphatic carbocycles. The van der Waals surface area contributed by atoms with E-state index in [1.807, 2.05) is 0 Å². The summed E-state index contributed by atoms with van der Waals surface area (Å²) in [6.45, 7) is 0. The van der Waals surface area contributed by atoms with E-state index < -0.39 is 0 Å². The lowest BCUT2D eigenvalue weighted by atomic mass is 10.1. The quantitative estimate of drug-likeness (QED) is 0.797. The molecule has 0 saturated heterocycles. The second-order valence-corrected chi connectivity index (χ2v) is 3.75. The third kappa shape index (κ3) is 3.22. The van der Waals surface area contributed by atoms with Gasteiger partial charge in [-0.25, -0.2) is 0 Å². The molecule has 1 rings (SSSR count). The van der Waals surface area contributed by atoms with E-state index in [4.69, 9.17) is 23.2 Å². The van der Waals surface area contributed by atoms with Crippen molar-refractivity contribution >= 4 is 41.6 Å². The summed E-state index contributed by atoms with van der Waals surface area (Å²) >= 11 is 15.4. The fourth-order valence-corrected chi connectivity index (χ4v) is 1.37. The summed E-state index contributed by atoms with van der Waals surface area (Å²) < 4.78 is 0. The summed E-state index contributed by atoms with van der Waals surface area (Å²) in [4.78, 5) is 11.0. The smallest absolute Gasteiger partial charge is 0.146 e. The summed E-state index contributed by atoms with van der Waals surface area (Å²) in [6.07, 6.45) is 0.361. The Hall–Kier alpha value is -0.180. The van der Waals surface area contributed by atoms with Gasteiger partial charge in [0.15, 0.2) is 0 Å². The van der Waals surface area contributed by atoms with Gasteiger partial charge in [-0.2, -0.15) is 12.6 Å². The number of hydrogen-bond acceptors (Lipinski definition) is 2. The van der Waals surface area contributed by atoms with Crippen LogP contribution in [-0.2, 0) is 11.2 Å². The van der Waals surface area contributed by atoms with Gasteiger partial charge >= 0.3 is 0 Å². The SMILES string of the molecule is O=C(CS)Cc1ccc(Cl)c(Cl)c1. The van der Waals surface area contributed by atoms with Gasteiger partial charge in [0.2, 0.25) is 0 Å². The first-order valence-corrected chi connectivity index (χ1v) is 5.09. The van der Waals surface area contributed by atoms with E-state index in [1.54, 1.807) is 18.2 Å². The molecule has 0 aliphatic heterocycles. The van der Waals surface area contributed by atoms with Crippen molar-refractivity contribution in [3.63, 3.8) is 0 Å². The number of ketones is 1. The molecule has 0 radical (unpaired) electrons. The molecule has 1 aromatic rings. The predicted molar refractivity (Wildman–Crippen MR) is 59.0 cm³/mol. The van der Waals surface area contributed by atoms with Gasteiger partial charge in [0.05, 0.1) is 10.0 Å². The Balaban J connectivity index is 2.79. The molecule has 0 saturated carbocycles. The van der Waals surface area contributed by atoms with E-state index in [9.17, 15) is 4.79 Å². The Bertz CT molecular complexity index is 325. The zero-order chi connectivity index (χ0) is 9.84. The zero-order valence-electron chi connectivity index (χ0n) is 6.76. The molecule has 4 heteroatoms. The van der Waals surface area contributed by atoms with Crippen molar-refractivity contribution in [2.75, 3.05) is 5.75 Å². The van der Waals surface area contributed by atoms with E-state index in [0.29, 0.717) is 16.5 Å². The van der Waals surface area contributed by atoms with Crippen LogP contribution in [0.1, 0.15) is 5.56 Å². The maximum atomic E-state index is 11.0. The third-order valence-electron chi connectivity index (χ3n) is 1.56. The van der Waals surface area contributed by atoms with Gasteiger partial charge < -0.3 is 0 Å². The Morgan fingerprint density at radius 2 is 2.00 bits per heavy atom. The molecule has 0 fully saturated rings. The summed E-state index contributed by atoms with van der Waals surface area (Å²) in [5.41, 5.74) is 0.869. The topological polar surface area (TPSA) is 17.1 Å². The molecule has 0 amide bonds. The maximum Gasteiger partial charge on any atom is 0.146 e. The highest BCUT2D eigenvalue weighted by molar-refractivity contribution is 7.81. The Kier molecular flexibility index (Phi) is 4.10. The zero-order valence-corrected chi connectivity index (χ0v) is 9.16. The predicted octanol–water partition coefficient (Wildman–Crippen LogP) is 3.03. The van der Waals surface area contributed by atoms with Crippen LogP contribution in [0.3, 0.4) is 0 Å². The molecule has 0 heterocycles. The molecule has 0 N–H and O–H groups in total. The number of thiol groups is 1. The molecule has 0 aromatic heterocycles. The number of hydrogen-bond donors (Lipinski definition) is 1. The van der Waals surface area contributed by atoms with E-state index >= 15 is 0 Å². The van der Waals surface area contributed by atoms with Crippen molar-refractivity contribution < 1.29 is 4.79 Å². The van der Waals surface area contributed by atoms with Gasteiger partial charge in [-0.05, 0) is 17.7 Å². The van der Waals surface area contributed by atoms with Gasteiger partial charge in [-0.1, -0.05) is 29.3 Å².